The van der Waals surface area contributed by atoms with Crippen molar-refractivity contribution in [2.45, 2.75) is 31.1 Å². The molecule has 4 rings (SSSR count). The third kappa shape index (κ3) is 3.59. The SMILES string of the molecule is Cc1c(C(=O)N2CCN(S(=O)(=O)c3ccc4c(c3)CCC4)CC2)cccc1[N+](=O)[O-]. The average Bonchev–Trinajstić information content (AvgIpc) is 3.21. The van der Waals surface area contributed by atoms with Gasteiger partial charge in [0.15, 0.2) is 0 Å². The summed E-state index contributed by atoms with van der Waals surface area (Å²) in [6.45, 7) is 2.43. The van der Waals surface area contributed by atoms with Crippen molar-refractivity contribution in [3.8, 4) is 0 Å². The monoisotopic (exact) mass is 429 g/mol. The van der Waals surface area contributed by atoms with E-state index in [1.54, 1.807) is 30.0 Å². The van der Waals surface area contributed by atoms with Crippen LogP contribution in [-0.2, 0) is 22.9 Å². The summed E-state index contributed by atoms with van der Waals surface area (Å²) < 4.78 is 27.5. The van der Waals surface area contributed by atoms with Crippen LogP contribution in [0.25, 0.3) is 0 Å². The molecular weight excluding hydrogens is 406 g/mol. The molecule has 8 nitrogen and oxygen atoms in total. The number of nitro groups is 1. The number of amides is 1. The predicted octanol–water partition coefficient (Wildman–Crippen LogP) is 2.54. The number of nitrogens with zero attached hydrogens (tertiary/aromatic N) is 3. The molecule has 0 spiro atoms. The van der Waals surface area contributed by atoms with Crippen LogP contribution < -0.4 is 0 Å². The lowest BCUT2D eigenvalue weighted by molar-refractivity contribution is -0.385. The van der Waals surface area contributed by atoms with Crippen LogP contribution in [0.3, 0.4) is 0 Å². The lowest BCUT2D eigenvalue weighted by atomic mass is 10.1. The van der Waals surface area contributed by atoms with Crippen molar-refractivity contribution in [3.63, 3.8) is 0 Å². The van der Waals surface area contributed by atoms with Crippen molar-refractivity contribution >= 4 is 21.6 Å². The highest BCUT2D eigenvalue weighted by atomic mass is 32.2. The van der Waals surface area contributed by atoms with E-state index in [2.05, 4.69) is 0 Å². The fraction of sp³-hybridized carbons (Fsp3) is 0.381. The molecule has 30 heavy (non-hydrogen) atoms. The fourth-order valence-electron chi connectivity index (χ4n) is 4.21. The smallest absolute Gasteiger partial charge is 0.273 e. The number of hydrogen-bond donors (Lipinski definition) is 0. The molecule has 2 aromatic rings. The van der Waals surface area contributed by atoms with Gasteiger partial charge in [-0.05, 0) is 55.5 Å². The largest absolute Gasteiger partial charge is 0.336 e. The first-order valence-corrected chi connectivity index (χ1v) is 11.4. The summed E-state index contributed by atoms with van der Waals surface area (Å²) >= 11 is 0. The fourth-order valence-corrected chi connectivity index (χ4v) is 5.69. The van der Waals surface area contributed by atoms with E-state index in [9.17, 15) is 23.3 Å². The van der Waals surface area contributed by atoms with Gasteiger partial charge in [0.25, 0.3) is 11.6 Å². The first kappa shape index (κ1) is 20.5. The average molecular weight is 429 g/mol. The summed E-state index contributed by atoms with van der Waals surface area (Å²) in [7, 11) is -3.62. The molecule has 1 aliphatic carbocycles. The summed E-state index contributed by atoms with van der Waals surface area (Å²) in [4.78, 5) is 25.4. The van der Waals surface area contributed by atoms with Crippen molar-refractivity contribution < 1.29 is 18.1 Å². The third-order valence-electron chi connectivity index (χ3n) is 5.97. The summed E-state index contributed by atoms with van der Waals surface area (Å²) in [5.74, 6) is -0.314. The first-order chi connectivity index (χ1) is 14.3. The Labute approximate surface area is 175 Å². The van der Waals surface area contributed by atoms with Crippen molar-refractivity contribution in [1.82, 2.24) is 9.21 Å². The Kier molecular flexibility index (Phi) is 5.33. The van der Waals surface area contributed by atoms with Gasteiger partial charge in [-0.2, -0.15) is 4.31 Å². The van der Waals surface area contributed by atoms with Gasteiger partial charge < -0.3 is 4.90 Å². The summed E-state index contributed by atoms with van der Waals surface area (Å²) in [6, 6.07) is 9.78. The summed E-state index contributed by atoms with van der Waals surface area (Å²) in [5.41, 5.74) is 2.82. The number of fused-ring (bicyclic) bond motifs is 1. The maximum absolute atomic E-state index is 13.1. The minimum Gasteiger partial charge on any atom is -0.336 e. The van der Waals surface area contributed by atoms with E-state index in [-0.39, 0.29) is 43.3 Å². The normalized spacial score (nSPS) is 17.0. The second-order valence-corrected chi connectivity index (χ2v) is 9.63. The van der Waals surface area contributed by atoms with E-state index in [1.807, 2.05) is 6.07 Å². The highest BCUT2D eigenvalue weighted by Gasteiger charge is 2.32. The van der Waals surface area contributed by atoms with E-state index >= 15 is 0 Å². The molecule has 0 N–H and O–H groups in total. The van der Waals surface area contributed by atoms with Gasteiger partial charge in [0.2, 0.25) is 10.0 Å². The van der Waals surface area contributed by atoms with E-state index in [4.69, 9.17) is 0 Å². The lowest BCUT2D eigenvalue weighted by Gasteiger charge is -2.34. The Morgan fingerprint density at radius 3 is 2.43 bits per heavy atom. The van der Waals surface area contributed by atoms with Gasteiger partial charge >= 0.3 is 0 Å². The minimum absolute atomic E-state index is 0.0985. The van der Waals surface area contributed by atoms with Gasteiger partial charge in [-0.1, -0.05) is 12.1 Å². The highest BCUT2D eigenvalue weighted by Crippen LogP contribution is 2.27. The molecule has 9 heteroatoms. The van der Waals surface area contributed by atoms with Crippen LogP contribution in [0.5, 0.6) is 0 Å². The zero-order chi connectivity index (χ0) is 21.5. The molecule has 2 aromatic carbocycles. The maximum Gasteiger partial charge on any atom is 0.273 e. The molecule has 158 valence electrons. The van der Waals surface area contributed by atoms with E-state index in [0.717, 1.165) is 24.8 Å². The molecule has 0 saturated carbocycles. The van der Waals surface area contributed by atoms with Crippen molar-refractivity contribution in [3.05, 3.63) is 68.8 Å². The van der Waals surface area contributed by atoms with E-state index < -0.39 is 14.9 Å². The zero-order valence-electron chi connectivity index (χ0n) is 16.7. The number of nitro benzene ring substituents is 1. The second-order valence-electron chi connectivity index (χ2n) is 7.69. The summed E-state index contributed by atoms with van der Waals surface area (Å²) in [6.07, 6.45) is 2.95. The maximum atomic E-state index is 13.1. The highest BCUT2D eigenvalue weighted by molar-refractivity contribution is 7.89. The standard InChI is InChI=1S/C21H23N3O5S/c1-15-19(6-3-7-20(15)24(26)27)21(25)22-10-12-23(13-11-22)30(28,29)18-9-8-16-4-2-5-17(16)14-18/h3,6-9,14H,2,4-5,10-13H2,1H3. The van der Waals surface area contributed by atoms with E-state index in [0.29, 0.717) is 10.5 Å². The van der Waals surface area contributed by atoms with Crippen LogP contribution in [0, 0.1) is 17.0 Å². The Morgan fingerprint density at radius 2 is 1.73 bits per heavy atom. The number of piperazine rings is 1. The van der Waals surface area contributed by atoms with Gasteiger partial charge in [0.1, 0.15) is 0 Å². The number of rotatable bonds is 4. The lowest BCUT2D eigenvalue weighted by Crippen LogP contribution is -2.50. The van der Waals surface area contributed by atoms with Crippen LogP contribution in [0.4, 0.5) is 5.69 Å². The van der Waals surface area contributed by atoms with Crippen LogP contribution in [-0.4, -0.2) is 54.6 Å². The molecule has 0 bridgehead atoms. The molecule has 0 unspecified atom stereocenters. The predicted molar refractivity (Wildman–Crippen MR) is 111 cm³/mol. The Hall–Kier alpha value is -2.78. The molecular formula is C21H23N3O5S. The number of hydrogen-bond acceptors (Lipinski definition) is 5. The molecule has 1 saturated heterocycles. The Balaban J connectivity index is 1.48. The molecule has 1 aliphatic heterocycles. The van der Waals surface area contributed by atoms with Crippen molar-refractivity contribution in [2.75, 3.05) is 26.2 Å². The van der Waals surface area contributed by atoms with Gasteiger partial charge in [-0.15, -0.1) is 0 Å². The van der Waals surface area contributed by atoms with Crippen LogP contribution in [0.2, 0.25) is 0 Å². The van der Waals surface area contributed by atoms with Crippen LogP contribution in [0.1, 0.15) is 33.5 Å². The van der Waals surface area contributed by atoms with Gasteiger partial charge in [-0.3, -0.25) is 14.9 Å². The number of aryl methyl sites for hydroxylation is 2. The van der Waals surface area contributed by atoms with Crippen LogP contribution >= 0.6 is 0 Å². The number of carbonyl (C=O) groups is 1. The van der Waals surface area contributed by atoms with Crippen LogP contribution in [0.15, 0.2) is 41.3 Å². The second kappa shape index (κ2) is 7.81. The zero-order valence-corrected chi connectivity index (χ0v) is 17.5. The molecule has 1 fully saturated rings. The molecule has 2 aliphatic rings. The molecule has 0 atom stereocenters. The molecule has 1 amide bonds. The number of benzene rings is 2. The van der Waals surface area contributed by atoms with E-state index in [1.165, 1.54) is 22.0 Å². The van der Waals surface area contributed by atoms with Crippen molar-refractivity contribution in [2.24, 2.45) is 0 Å². The molecule has 1 heterocycles. The Morgan fingerprint density at radius 1 is 1.03 bits per heavy atom. The molecule has 0 radical (unpaired) electrons. The quantitative estimate of drug-likeness (QED) is 0.549. The Bertz CT molecular complexity index is 1120. The van der Waals surface area contributed by atoms with Gasteiger partial charge in [-0.25, -0.2) is 8.42 Å². The van der Waals surface area contributed by atoms with Gasteiger partial charge in [0.05, 0.1) is 9.82 Å². The number of carbonyl (C=O) groups excluding carboxylic acids is 1. The van der Waals surface area contributed by atoms with Crippen molar-refractivity contribution in [1.29, 1.82) is 0 Å². The van der Waals surface area contributed by atoms with Gasteiger partial charge in [0, 0.05) is 43.4 Å². The molecule has 0 aromatic heterocycles. The third-order valence-corrected chi connectivity index (χ3v) is 7.86. The topological polar surface area (TPSA) is 101 Å². The minimum atomic E-state index is -3.62. The number of sulfonamides is 1. The summed E-state index contributed by atoms with van der Waals surface area (Å²) in [5, 5.41) is 11.1. The first-order valence-electron chi connectivity index (χ1n) is 9.94.